The van der Waals surface area contributed by atoms with E-state index in [1.54, 1.807) is 12.1 Å². The molecule has 6 nitrogen and oxygen atoms in total. The smallest absolute Gasteiger partial charge is 0.263 e. The van der Waals surface area contributed by atoms with Gasteiger partial charge in [-0.25, -0.2) is 8.42 Å². The number of hydrogen-bond donors (Lipinski definition) is 2. The van der Waals surface area contributed by atoms with Gasteiger partial charge in [0.2, 0.25) is 5.88 Å². The average Bonchev–Trinajstić information content (AvgIpc) is 2.39. The summed E-state index contributed by atoms with van der Waals surface area (Å²) in [5.41, 5.74) is 6.01. The Kier molecular flexibility index (Phi) is 3.57. The van der Waals surface area contributed by atoms with Crippen molar-refractivity contribution >= 4 is 21.5 Å². The van der Waals surface area contributed by atoms with E-state index < -0.39 is 10.0 Å². The van der Waals surface area contributed by atoms with Crippen molar-refractivity contribution in [1.82, 2.24) is 4.98 Å². The highest BCUT2D eigenvalue weighted by Crippen LogP contribution is 2.17. The molecular weight excluding hydrogens is 266 g/mol. The number of nitrogen functional groups attached to an aromatic ring is 1. The van der Waals surface area contributed by atoms with Gasteiger partial charge in [-0.2, -0.15) is 4.98 Å². The lowest BCUT2D eigenvalue weighted by Gasteiger charge is -2.08. The lowest BCUT2D eigenvalue weighted by Crippen LogP contribution is -2.14. The van der Waals surface area contributed by atoms with Crippen molar-refractivity contribution in [1.29, 1.82) is 0 Å². The molecular formula is C12H13N3O3S. The predicted molar refractivity (Wildman–Crippen MR) is 72.5 cm³/mol. The lowest BCUT2D eigenvalue weighted by atomic mass is 10.3. The summed E-state index contributed by atoms with van der Waals surface area (Å²) in [6, 6.07) is 10.7. The molecule has 0 saturated heterocycles. The van der Waals surface area contributed by atoms with Gasteiger partial charge in [0.15, 0.2) is 0 Å². The molecule has 0 aliphatic rings. The molecule has 2 rings (SSSR count). The molecule has 0 fully saturated rings. The minimum atomic E-state index is -3.68. The number of nitrogens with two attached hydrogens (primary N) is 1. The number of aromatic nitrogens is 1. The maximum Gasteiger partial charge on any atom is 0.263 e. The number of sulfonamides is 1. The molecule has 0 spiro atoms. The number of nitrogens with zero attached hydrogens (tertiary/aromatic N) is 1. The number of rotatable bonds is 4. The van der Waals surface area contributed by atoms with Crippen molar-refractivity contribution in [2.45, 2.75) is 4.90 Å². The van der Waals surface area contributed by atoms with Crippen LogP contribution in [0.1, 0.15) is 0 Å². The summed E-state index contributed by atoms with van der Waals surface area (Å²) in [5.74, 6) is 0.522. The van der Waals surface area contributed by atoms with Crippen LogP contribution in [0.4, 0.5) is 11.5 Å². The number of ether oxygens (including phenoxy) is 1. The normalized spacial score (nSPS) is 11.0. The fourth-order valence-electron chi connectivity index (χ4n) is 1.43. The number of methoxy groups -OCH3 is 1. The van der Waals surface area contributed by atoms with E-state index in [4.69, 9.17) is 10.5 Å². The highest BCUT2D eigenvalue weighted by Gasteiger charge is 2.14. The minimum Gasteiger partial charge on any atom is -0.481 e. The molecule has 1 heterocycles. The Morgan fingerprint density at radius 3 is 2.47 bits per heavy atom. The third-order valence-electron chi connectivity index (χ3n) is 2.36. The molecule has 0 bridgehead atoms. The van der Waals surface area contributed by atoms with Crippen molar-refractivity contribution in [3.63, 3.8) is 0 Å². The highest BCUT2D eigenvalue weighted by atomic mass is 32.2. The van der Waals surface area contributed by atoms with E-state index >= 15 is 0 Å². The molecule has 2 aromatic rings. The van der Waals surface area contributed by atoms with Gasteiger partial charge in [0.1, 0.15) is 5.82 Å². The Balaban J connectivity index is 2.28. The molecule has 3 N–H and O–H groups in total. The maximum absolute atomic E-state index is 12.1. The van der Waals surface area contributed by atoms with Gasteiger partial charge < -0.3 is 10.5 Å². The van der Waals surface area contributed by atoms with Gasteiger partial charge in [-0.05, 0) is 30.3 Å². The molecule has 0 saturated carbocycles. The first-order valence-corrected chi connectivity index (χ1v) is 6.89. The first-order valence-electron chi connectivity index (χ1n) is 5.41. The quantitative estimate of drug-likeness (QED) is 0.826. The molecule has 0 aliphatic carbocycles. The molecule has 7 heteroatoms. The Morgan fingerprint density at radius 2 is 1.84 bits per heavy atom. The van der Waals surface area contributed by atoms with Crippen molar-refractivity contribution in [3.05, 3.63) is 42.5 Å². The van der Waals surface area contributed by atoms with E-state index in [2.05, 4.69) is 9.71 Å². The van der Waals surface area contributed by atoms with Gasteiger partial charge in [0.05, 0.1) is 12.0 Å². The Labute approximate surface area is 111 Å². The Hall–Kier alpha value is -2.28. The van der Waals surface area contributed by atoms with Crippen molar-refractivity contribution in [2.24, 2.45) is 0 Å². The van der Waals surface area contributed by atoms with Gasteiger partial charge in [0.25, 0.3) is 10.0 Å². The summed E-state index contributed by atoms with van der Waals surface area (Å²) in [6.45, 7) is 0. The highest BCUT2D eigenvalue weighted by molar-refractivity contribution is 7.92. The fraction of sp³-hybridized carbons (Fsp3) is 0.0833. The van der Waals surface area contributed by atoms with E-state index in [1.165, 1.54) is 37.4 Å². The van der Waals surface area contributed by atoms with Crippen LogP contribution < -0.4 is 15.2 Å². The summed E-state index contributed by atoms with van der Waals surface area (Å²) >= 11 is 0. The Morgan fingerprint density at radius 1 is 1.16 bits per heavy atom. The molecule has 0 radical (unpaired) electrons. The predicted octanol–water partition coefficient (Wildman–Crippen LogP) is 1.47. The number of anilines is 2. The van der Waals surface area contributed by atoms with Gasteiger partial charge in [-0.1, -0.05) is 6.07 Å². The van der Waals surface area contributed by atoms with Crippen LogP contribution in [0.15, 0.2) is 47.4 Å². The van der Waals surface area contributed by atoms with Crippen LogP contribution in [-0.2, 0) is 10.0 Å². The second kappa shape index (κ2) is 5.15. The van der Waals surface area contributed by atoms with Crippen LogP contribution in [0.25, 0.3) is 0 Å². The average molecular weight is 279 g/mol. The second-order valence-electron chi connectivity index (χ2n) is 3.74. The fourth-order valence-corrected chi connectivity index (χ4v) is 2.43. The zero-order chi connectivity index (χ0) is 13.9. The third-order valence-corrected chi connectivity index (χ3v) is 3.73. The van der Waals surface area contributed by atoms with E-state index in [1.807, 2.05) is 0 Å². The molecule has 0 unspecified atom stereocenters. The molecule has 1 aromatic carbocycles. The van der Waals surface area contributed by atoms with Gasteiger partial charge in [-0.3, -0.25) is 4.72 Å². The zero-order valence-electron chi connectivity index (χ0n) is 10.2. The minimum absolute atomic E-state index is 0.117. The maximum atomic E-state index is 12.1. The summed E-state index contributed by atoms with van der Waals surface area (Å²) in [7, 11) is -2.22. The summed E-state index contributed by atoms with van der Waals surface area (Å²) in [5, 5.41) is 0. The first-order chi connectivity index (χ1) is 9.01. The summed E-state index contributed by atoms with van der Waals surface area (Å²) in [6.07, 6.45) is 0. The second-order valence-corrected chi connectivity index (χ2v) is 5.42. The molecule has 0 amide bonds. The molecule has 0 atom stereocenters. The lowest BCUT2D eigenvalue weighted by molar-refractivity contribution is 0.398. The topological polar surface area (TPSA) is 94.3 Å². The standard InChI is InChI=1S/C12H13N3O3S/c1-18-12-4-2-3-11(14-12)15-19(16,17)10-7-5-9(13)6-8-10/h2-8H,13H2,1H3,(H,14,15). The Bertz CT molecular complexity index is 669. The van der Waals surface area contributed by atoms with E-state index in [-0.39, 0.29) is 10.7 Å². The first kappa shape index (κ1) is 13.2. The summed E-state index contributed by atoms with van der Waals surface area (Å²) < 4.78 is 31.5. The van der Waals surface area contributed by atoms with Gasteiger partial charge >= 0.3 is 0 Å². The SMILES string of the molecule is COc1cccc(NS(=O)(=O)c2ccc(N)cc2)n1. The monoisotopic (exact) mass is 279 g/mol. The third kappa shape index (κ3) is 3.14. The van der Waals surface area contributed by atoms with Crippen molar-refractivity contribution < 1.29 is 13.2 Å². The summed E-state index contributed by atoms with van der Waals surface area (Å²) in [4.78, 5) is 4.10. The molecule has 19 heavy (non-hydrogen) atoms. The molecule has 0 aliphatic heterocycles. The van der Waals surface area contributed by atoms with E-state index in [0.717, 1.165) is 0 Å². The van der Waals surface area contributed by atoms with Crippen LogP contribution in [0.3, 0.4) is 0 Å². The number of nitrogens with one attached hydrogen (secondary N) is 1. The molecule has 1 aromatic heterocycles. The number of benzene rings is 1. The van der Waals surface area contributed by atoms with E-state index in [0.29, 0.717) is 11.6 Å². The van der Waals surface area contributed by atoms with Crippen LogP contribution in [0, 0.1) is 0 Å². The largest absolute Gasteiger partial charge is 0.481 e. The van der Waals surface area contributed by atoms with Crippen molar-refractivity contribution in [3.8, 4) is 5.88 Å². The zero-order valence-corrected chi connectivity index (χ0v) is 11.0. The van der Waals surface area contributed by atoms with Gasteiger partial charge in [-0.15, -0.1) is 0 Å². The van der Waals surface area contributed by atoms with E-state index in [9.17, 15) is 8.42 Å². The van der Waals surface area contributed by atoms with Crippen LogP contribution in [0.2, 0.25) is 0 Å². The van der Waals surface area contributed by atoms with Crippen LogP contribution in [0.5, 0.6) is 5.88 Å². The molecule has 100 valence electrons. The number of pyridine rings is 1. The van der Waals surface area contributed by atoms with Crippen LogP contribution >= 0.6 is 0 Å². The van der Waals surface area contributed by atoms with Crippen molar-refractivity contribution in [2.75, 3.05) is 17.6 Å². The van der Waals surface area contributed by atoms with Gasteiger partial charge in [0, 0.05) is 11.8 Å². The van der Waals surface area contributed by atoms with Crippen LogP contribution in [-0.4, -0.2) is 20.5 Å². The number of hydrogen-bond acceptors (Lipinski definition) is 5.